The quantitative estimate of drug-likeness (QED) is 0.330. The molecule has 0 radical (unpaired) electrons. The molecule has 2 heterocycles. The second-order valence-electron chi connectivity index (χ2n) is 13.5. The van der Waals surface area contributed by atoms with E-state index in [4.69, 9.17) is 14.2 Å². The van der Waals surface area contributed by atoms with Crippen molar-refractivity contribution in [3.8, 4) is 0 Å². The van der Waals surface area contributed by atoms with Crippen molar-refractivity contribution < 1.29 is 39.4 Å². The van der Waals surface area contributed by atoms with Crippen molar-refractivity contribution in [1.82, 2.24) is 0 Å². The first-order valence-electron chi connectivity index (χ1n) is 14.4. The number of cyclic esters (lactones) is 1. The van der Waals surface area contributed by atoms with E-state index < -0.39 is 36.3 Å². The summed E-state index contributed by atoms with van der Waals surface area (Å²) in [7, 11) is 0. The summed E-state index contributed by atoms with van der Waals surface area (Å²) in [6.45, 7) is 6.73. The van der Waals surface area contributed by atoms with Gasteiger partial charge in [-0.1, -0.05) is 13.8 Å². The summed E-state index contributed by atoms with van der Waals surface area (Å²) in [4.78, 5) is 11.8. The summed E-state index contributed by atoms with van der Waals surface area (Å²) < 4.78 is 17.2. The van der Waals surface area contributed by atoms with Crippen molar-refractivity contribution in [2.24, 2.45) is 34.5 Å². The molecule has 0 amide bonds. The van der Waals surface area contributed by atoms with Crippen LogP contribution in [0, 0.1) is 34.5 Å². The van der Waals surface area contributed by atoms with Crippen LogP contribution in [0.25, 0.3) is 0 Å². The molecule has 6 rings (SSSR count). The summed E-state index contributed by atoms with van der Waals surface area (Å²) in [6.07, 6.45) is 4.88. The first kappa shape index (κ1) is 26.2. The highest BCUT2D eigenvalue weighted by atomic mass is 16.7. The van der Waals surface area contributed by atoms with Gasteiger partial charge in [0.2, 0.25) is 0 Å². The first-order valence-corrected chi connectivity index (χ1v) is 14.4. The molecule has 0 bridgehead atoms. The van der Waals surface area contributed by atoms with Gasteiger partial charge in [-0.2, -0.15) is 0 Å². The van der Waals surface area contributed by atoms with E-state index in [0.29, 0.717) is 18.4 Å². The van der Waals surface area contributed by atoms with E-state index in [0.717, 1.165) is 63.4 Å². The summed E-state index contributed by atoms with van der Waals surface area (Å²) in [5.74, 6) is 1.14. The largest absolute Gasteiger partial charge is 0.458 e. The second kappa shape index (κ2) is 9.00. The third-order valence-electron chi connectivity index (χ3n) is 12.1. The van der Waals surface area contributed by atoms with Gasteiger partial charge >= 0.3 is 5.97 Å². The molecule has 6 aliphatic rings. The van der Waals surface area contributed by atoms with Crippen LogP contribution in [0.5, 0.6) is 0 Å². The maximum Gasteiger partial charge on any atom is 0.331 e. The molecule has 4 N–H and O–H groups in total. The molecular weight excluding hydrogens is 476 g/mol. The Balaban J connectivity index is 1.16. The minimum absolute atomic E-state index is 0.0661. The maximum atomic E-state index is 12.4. The van der Waals surface area contributed by atoms with Crippen LogP contribution in [-0.2, 0) is 19.0 Å². The van der Waals surface area contributed by atoms with Crippen molar-refractivity contribution in [2.45, 2.75) is 121 Å². The number of hydrogen-bond donors (Lipinski definition) is 4. The van der Waals surface area contributed by atoms with E-state index in [-0.39, 0.29) is 34.7 Å². The Hall–Kier alpha value is -1.03. The number of hydrogen-bond acceptors (Lipinski definition) is 8. The third kappa shape index (κ3) is 3.80. The van der Waals surface area contributed by atoms with Gasteiger partial charge < -0.3 is 34.6 Å². The van der Waals surface area contributed by atoms with Crippen molar-refractivity contribution in [2.75, 3.05) is 6.61 Å². The Labute approximate surface area is 219 Å². The highest BCUT2D eigenvalue weighted by molar-refractivity contribution is 5.85. The highest BCUT2D eigenvalue weighted by Crippen LogP contribution is 2.70. The smallest absolute Gasteiger partial charge is 0.331 e. The zero-order valence-corrected chi connectivity index (χ0v) is 22.3. The standard InChI is InChI=1S/C29H44O8/c1-15-23(31)24(32)25(33)26(36-15)37-18-6-9-27(2)17(13-18)4-5-21-20(27)7-10-28(3)19(8-11-29(21,28)34)16-12-22(30)35-14-16/h12,15,17-21,23-26,31-34H,4-11,13-14H2,1-3H3/t15-,17+,18+,19+,20+,21-,23-,24-,25-,26-,27+,28-,29+/m1/s1. The number of fused-ring (bicyclic) bond motifs is 5. The predicted molar refractivity (Wildman–Crippen MR) is 133 cm³/mol. The summed E-state index contributed by atoms with van der Waals surface area (Å²) >= 11 is 0. The van der Waals surface area contributed by atoms with Crippen LogP contribution in [0.2, 0.25) is 0 Å². The lowest BCUT2D eigenvalue weighted by Crippen LogP contribution is -2.62. The molecule has 5 fully saturated rings. The molecule has 8 heteroatoms. The topological polar surface area (TPSA) is 126 Å². The Bertz CT molecular complexity index is 952. The fourth-order valence-electron chi connectivity index (χ4n) is 9.81. The molecule has 8 nitrogen and oxygen atoms in total. The van der Waals surface area contributed by atoms with Gasteiger partial charge in [-0.15, -0.1) is 0 Å². The molecule has 0 aromatic rings. The van der Waals surface area contributed by atoms with Crippen LogP contribution in [0.15, 0.2) is 11.6 Å². The lowest BCUT2D eigenvalue weighted by atomic mass is 9.43. The summed E-state index contributed by atoms with van der Waals surface area (Å²) in [6, 6.07) is 0. The van der Waals surface area contributed by atoms with E-state index in [1.54, 1.807) is 13.0 Å². The number of carbonyl (C=O) groups excluding carboxylic acids is 1. The average molecular weight is 521 g/mol. The zero-order chi connectivity index (χ0) is 26.3. The molecule has 0 unspecified atom stereocenters. The van der Waals surface area contributed by atoms with Gasteiger partial charge in [0.05, 0.1) is 17.8 Å². The van der Waals surface area contributed by atoms with Gasteiger partial charge in [0, 0.05) is 11.5 Å². The molecular formula is C29H44O8. The van der Waals surface area contributed by atoms with Crippen LogP contribution >= 0.6 is 0 Å². The molecule has 4 aliphatic carbocycles. The van der Waals surface area contributed by atoms with Crippen LogP contribution in [0.4, 0.5) is 0 Å². The average Bonchev–Trinajstić information content (AvgIpc) is 3.41. The SMILES string of the molecule is C[C@H]1O[C@H](O[C@H]2CC[C@@]3(C)[C@@H](CC[C@@H]4[C@@H]3CC[C@]3(C)[C@H](C5=CC(=O)OC5)CC[C@]43O)C2)[C@H](O)[C@H](O)[C@@H]1O. The molecule has 0 aromatic heterocycles. The molecule has 37 heavy (non-hydrogen) atoms. The monoisotopic (exact) mass is 520 g/mol. The van der Waals surface area contributed by atoms with Crippen LogP contribution in [-0.4, -0.2) is 75.4 Å². The van der Waals surface area contributed by atoms with Gasteiger partial charge in [-0.3, -0.25) is 0 Å². The molecule has 1 saturated heterocycles. The normalized spacial score (nSPS) is 55.6. The van der Waals surface area contributed by atoms with Crippen molar-refractivity contribution >= 4 is 5.97 Å². The number of aliphatic hydroxyl groups is 4. The van der Waals surface area contributed by atoms with E-state index in [1.165, 1.54) is 0 Å². The molecule has 2 aliphatic heterocycles. The number of ether oxygens (including phenoxy) is 3. The molecule has 0 spiro atoms. The molecule has 0 aromatic carbocycles. The highest BCUT2D eigenvalue weighted by Gasteiger charge is 2.67. The van der Waals surface area contributed by atoms with Crippen LogP contribution < -0.4 is 0 Å². The first-order chi connectivity index (χ1) is 17.5. The zero-order valence-electron chi connectivity index (χ0n) is 22.3. The van der Waals surface area contributed by atoms with E-state index in [9.17, 15) is 25.2 Å². The van der Waals surface area contributed by atoms with E-state index in [2.05, 4.69) is 13.8 Å². The third-order valence-corrected chi connectivity index (χ3v) is 12.1. The number of rotatable bonds is 3. The minimum Gasteiger partial charge on any atom is -0.458 e. The Kier molecular flexibility index (Phi) is 6.37. The maximum absolute atomic E-state index is 12.4. The lowest BCUT2D eigenvalue weighted by molar-refractivity contribution is -0.310. The Morgan fingerprint density at radius 3 is 2.46 bits per heavy atom. The summed E-state index contributed by atoms with van der Waals surface area (Å²) in [5.41, 5.74) is 0.243. The minimum atomic E-state index is -1.28. The van der Waals surface area contributed by atoms with Crippen molar-refractivity contribution in [3.63, 3.8) is 0 Å². The predicted octanol–water partition coefficient (Wildman–Crippen LogP) is 2.46. The van der Waals surface area contributed by atoms with Crippen LogP contribution in [0.3, 0.4) is 0 Å². The molecule has 13 atom stereocenters. The van der Waals surface area contributed by atoms with Gasteiger partial charge in [-0.05, 0) is 99.4 Å². The number of aliphatic hydroxyl groups excluding tert-OH is 3. The fraction of sp³-hybridized carbons (Fsp3) is 0.897. The van der Waals surface area contributed by atoms with Gasteiger partial charge in [0.15, 0.2) is 6.29 Å². The fourth-order valence-corrected chi connectivity index (χ4v) is 9.81. The van der Waals surface area contributed by atoms with E-state index in [1.807, 2.05) is 0 Å². The molecule has 208 valence electrons. The second-order valence-corrected chi connectivity index (χ2v) is 13.5. The summed E-state index contributed by atoms with van der Waals surface area (Å²) in [5, 5.41) is 43.0. The van der Waals surface area contributed by atoms with Crippen molar-refractivity contribution in [1.29, 1.82) is 0 Å². The Morgan fingerprint density at radius 1 is 0.946 bits per heavy atom. The van der Waals surface area contributed by atoms with E-state index >= 15 is 0 Å². The van der Waals surface area contributed by atoms with Gasteiger partial charge in [0.1, 0.15) is 24.9 Å². The van der Waals surface area contributed by atoms with Crippen LogP contribution in [0.1, 0.15) is 78.6 Å². The van der Waals surface area contributed by atoms with Gasteiger partial charge in [0.25, 0.3) is 0 Å². The Morgan fingerprint density at radius 2 is 1.73 bits per heavy atom. The lowest BCUT2D eigenvalue weighted by Gasteiger charge is -2.64. The van der Waals surface area contributed by atoms with Gasteiger partial charge in [-0.25, -0.2) is 4.79 Å². The van der Waals surface area contributed by atoms with Crippen molar-refractivity contribution in [3.05, 3.63) is 11.6 Å². The number of carbonyl (C=O) groups is 1. The molecule has 4 saturated carbocycles. The number of esters is 1.